The molecule has 0 radical (unpaired) electrons. The van der Waals surface area contributed by atoms with E-state index in [-0.39, 0.29) is 0 Å². The molecule has 3 N–H and O–H groups in total. The number of H-pyrrole nitrogens is 1. The molecular formula is C11H14N4. The number of hydrogen-bond acceptors (Lipinski definition) is 3. The van der Waals surface area contributed by atoms with Gasteiger partial charge in [0.15, 0.2) is 0 Å². The van der Waals surface area contributed by atoms with Gasteiger partial charge >= 0.3 is 0 Å². The third kappa shape index (κ3) is 1.62. The molecule has 4 heteroatoms. The maximum Gasteiger partial charge on any atom is 0.137 e. The third-order valence-electron chi connectivity index (χ3n) is 2.86. The second kappa shape index (κ2) is 3.64. The molecule has 1 aliphatic rings. The molecule has 2 aromatic heterocycles. The summed E-state index contributed by atoms with van der Waals surface area (Å²) < 4.78 is 0. The minimum Gasteiger partial charge on any atom is -0.346 e. The largest absolute Gasteiger partial charge is 0.346 e. The van der Waals surface area contributed by atoms with Gasteiger partial charge in [-0.25, -0.2) is 4.98 Å². The highest BCUT2D eigenvalue weighted by atomic mass is 15.1. The SMILES string of the molecule is c1cc2cc([C@H]3CNCCN3)cnc2[nH]1. The van der Waals surface area contributed by atoms with Crippen LogP contribution in [0.4, 0.5) is 0 Å². The van der Waals surface area contributed by atoms with Crippen molar-refractivity contribution in [3.63, 3.8) is 0 Å². The first-order valence-corrected chi connectivity index (χ1v) is 5.30. The van der Waals surface area contributed by atoms with Crippen LogP contribution in [0.25, 0.3) is 11.0 Å². The van der Waals surface area contributed by atoms with Gasteiger partial charge in [0.05, 0.1) is 0 Å². The lowest BCUT2D eigenvalue weighted by atomic mass is 10.1. The fourth-order valence-corrected chi connectivity index (χ4v) is 2.04. The lowest BCUT2D eigenvalue weighted by Crippen LogP contribution is -2.42. The molecule has 0 aromatic carbocycles. The zero-order valence-electron chi connectivity index (χ0n) is 8.46. The number of nitrogens with zero attached hydrogens (tertiary/aromatic N) is 1. The number of hydrogen-bond donors (Lipinski definition) is 3. The highest BCUT2D eigenvalue weighted by Gasteiger charge is 2.14. The van der Waals surface area contributed by atoms with Gasteiger partial charge in [-0.1, -0.05) is 0 Å². The maximum absolute atomic E-state index is 4.39. The first-order valence-electron chi connectivity index (χ1n) is 5.30. The predicted molar refractivity (Wildman–Crippen MR) is 59.7 cm³/mol. The lowest BCUT2D eigenvalue weighted by Gasteiger charge is -2.24. The fourth-order valence-electron chi connectivity index (χ4n) is 2.04. The zero-order chi connectivity index (χ0) is 10.1. The van der Waals surface area contributed by atoms with Gasteiger partial charge in [0, 0.05) is 43.5 Å². The molecule has 4 nitrogen and oxygen atoms in total. The van der Waals surface area contributed by atoms with Gasteiger partial charge in [0.2, 0.25) is 0 Å². The van der Waals surface area contributed by atoms with Crippen LogP contribution in [0.3, 0.4) is 0 Å². The van der Waals surface area contributed by atoms with Crippen molar-refractivity contribution >= 4 is 11.0 Å². The summed E-state index contributed by atoms with van der Waals surface area (Å²) in [6, 6.07) is 4.65. The Hall–Kier alpha value is -1.39. The summed E-state index contributed by atoms with van der Waals surface area (Å²) in [5.74, 6) is 0. The molecule has 15 heavy (non-hydrogen) atoms. The number of rotatable bonds is 1. The standard InChI is InChI=1S/C11H14N4/c1-2-14-11-8(1)5-9(6-15-11)10-7-12-3-4-13-10/h1-2,5-6,10,12-13H,3-4,7H2,(H,14,15)/t10-/m1/s1. The predicted octanol–water partition coefficient (Wildman–Crippen LogP) is 0.797. The van der Waals surface area contributed by atoms with Gasteiger partial charge < -0.3 is 15.6 Å². The van der Waals surface area contributed by atoms with Gasteiger partial charge in [-0.2, -0.15) is 0 Å². The maximum atomic E-state index is 4.39. The van der Waals surface area contributed by atoms with Crippen LogP contribution in [-0.4, -0.2) is 29.6 Å². The highest BCUT2D eigenvalue weighted by Crippen LogP contribution is 2.17. The molecule has 1 atom stereocenters. The second-order valence-corrected chi connectivity index (χ2v) is 3.89. The molecule has 0 saturated carbocycles. The van der Waals surface area contributed by atoms with Crippen LogP contribution < -0.4 is 10.6 Å². The summed E-state index contributed by atoms with van der Waals surface area (Å²) in [5, 5.41) is 8.04. The van der Waals surface area contributed by atoms with E-state index in [4.69, 9.17) is 0 Å². The summed E-state index contributed by atoms with van der Waals surface area (Å²) in [7, 11) is 0. The van der Waals surface area contributed by atoms with Crippen LogP contribution in [-0.2, 0) is 0 Å². The number of piperazine rings is 1. The Balaban J connectivity index is 1.95. The third-order valence-corrected chi connectivity index (χ3v) is 2.86. The van der Waals surface area contributed by atoms with Crippen molar-refractivity contribution in [2.45, 2.75) is 6.04 Å². The number of nitrogens with one attached hydrogen (secondary N) is 3. The van der Waals surface area contributed by atoms with Crippen molar-refractivity contribution in [3.05, 3.63) is 30.1 Å². The first kappa shape index (κ1) is 8.88. The van der Waals surface area contributed by atoms with Gasteiger partial charge in [-0.15, -0.1) is 0 Å². The van der Waals surface area contributed by atoms with E-state index in [0.717, 1.165) is 25.3 Å². The Kier molecular flexibility index (Phi) is 2.16. The summed E-state index contributed by atoms with van der Waals surface area (Å²) in [6.45, 7) is 3.06. The molecule has 3 heterocycles. The smallest absolute Gasteiger partial charge is 0.137 e. The Bertz CT molecular complexity index is 456. The number of aromatic nitrogens is 2. The van der Waals surface area contributed by atoms with E-state index in [9.17, 15) is 0 Å². The number of pyridine rings is 1. The Morgan fingerprint density at radius 2 is 2.33 bits per heavy atom. The summed E-state index contributed by atoms with van der Waals surface area (Å²) in [4.78, 5) is 7.50. The van der Waals surface area contributed by atoms with E-state index < -0.39 is 0 Å². The van der Waals surface area contributed by atoms with Crippen molar-refractivity contribution < 1.29 is 0 Å². The van der Waals surface area contributed by atoms with Crippen molar-refractivity contribution in [3.8, 4) is 0 Å². The molecule has 3 rings (SSSR count). The molecule has 0 amide bonds. The minimum absolute atomic E-state index is 0.394. The average Bonchev–Trinajstić information content (AvgIpc) is 2.77. The van der Waals surface area contributed by atoms with Crippen LogP contribution in [0.15, 0.2) is 24.5 Å². The Labute approximate surface area is 88.1 Å². The summed E-state index contributed by atoms with van der Waals surface area (Å²) in [5.41, 5.74) is 2.22. The number of fused-ring (bicyclic) bond motifs is 1. The highest BCUT2D eigenvalue weighted by molar-refractivity contribution is 5.75. The molecule has 1 aliphatic heterocycles. The molecular weight excluding hydrogens is 188 g/mol. The Morgan fingerprint density at radius 3 is 3.20 bits per heavy atom. The monoisotopic (exact) mass is 202 g/mol. The Morgan fingerprint density at radius 1 is 1.33 bits per heavy atom. The van der Waals surface area contributed by atoms with E-state index in [2.05, 4.69) is 32.7 Å². The normalized spacial score (nSPS) is 22.0. The van der Waals surface area contributed by atoms with E-state index in [1.54, 1.807) is 0 Å². The van der Waals surface area contributed by atoms with Crippen LogP contribution >= 0.6 is 0 Å². The molecule has 0 spiro atoms. The first-order chi connectivity index (χ1) is 7.43. The van der Waals surface area contributed by atoms with Gasteiger partial charge in [-0.3, -0.25) is 0 Å². The van der Waals surface area contributed by atoms with Crippen LogP contribution in [0.1, 0.15) is 11.6 Å². The molecule has 2 aromatic rings. The molecule has 0 unspecified atom stereocenters. The quantitative estimate of drug-likeness (QED) is 0.641. The van der Waals surface area contributed by atoms with Gasteiger partial charge in [0.25, 0.3) is 0 Å². The zero-order valence-corrected chi connectivity index (χ0v) is 8.46. The van der Waals surface area contributed by atoms with Crippen molar-refractivity contribution in [2.24, 2.45) is 0 Å². The van der Waals surface area contributed by atoms with E-state index in [1.165, 1.54) is 10.9 Å². The molecule has 1 saturated heterocycles. The molecule has 1 fully saturated rings. The minimum atomic E-state index is 0.394. The number of aromatic amines is 1. The second-order valence-electron chi connectivity index (χ2n) is 3.89. The van der Waals surface area contributed by atoms with Crippen LogP contribution in [0.5, 0.6) is 0 Å². The average molecular weight is 202 g/mol. The van der Waals surface area contributed by atoms with Crippen LogP contribution in [0.2, 0.25) is 0 Å². The molecule has 0 aliphatic carbocycles. The van der Waals surface area contributed by atoms with Crippen molar-refractivity contribution in [2.75, 3.05) is 19.6 Å². The van der Waals surface area contributed by atoms with E-state index in [1.807, 2.05) is 12.4 Å². The molecule has 78 valence electrons. The van der Waals surface area contributed by atoms with Crippen molar-refractivity contribution in [1.29, 1.82) is 0 Å². The lowest BCUT2D eigenvalue weighted by molar-refractivity contribution is 0.430. The fraction of sp³-hybridized carbons (Fsp3) is 0.364. The van der Waals surface area contributed by atoms with Gasteiger partial charge in [-0.05, 0) is 17.7 Å². The topological polar surface area (TPSA) is 52.7 Å². The molecule has 0 bridgehead atoms. The van der Waals surface area contributed by atoms with Crippen LogP contribution in [0, 0.1) is 0 Å². The summed E-state index contributed by atoms with van der Waals surface area (Å²) >= 11 is 0. The van der Waals surface area contributed by atoms with E-state index in [0.29, 0.717) is 6.04 Å². The van der Waals surface area contributed by atoms with E-state index >= 15 is 0 Å². The van der Waals surface area contributed by atoms with Crippen molar-refractivity contribution in [1.82, 2.24) is 20.6 Å². The van der Waals surface area contributed by atoms with Gasteiger partial charge in [0.1, 0.15) is 5.65 Å². The summed E-state index contributed by atoms with van der Waals surface area (Å²) in [6.07, 6.45) is 3.87.